The monoisotopic (exact) mass is 279 g/mol. The highest BCUT2D eigenvalue weighted by molar-refractivity contribution is 5.25. The number of nitrogens with two attached hydrogens (primary N) is 1. The summed E-state index contributed by atoms with van der Waals surface area (Å²) in [5, 5.41) is 9.68. The Bertz CT molecular complexity index is 427. The molecule has 0 bridgehead atoms. The fourth-order valence-corrected chi connectivity index (χ4v) is 2.02. The Hall–Kier alpha value is -1.14. The maximum Gasteiger partial charge on any atom is 0.418 e. The predicted octanol–water partition coefficient (Wildman–Crippen LogP) is 2.75. The fourth-order valence-electron chi connectivity index (χ4n) is 2.02. The van der Waals surface area contributed by atoms with E-state index in [4.69, 9.17) is 5.73 Å². The van der Waals surface area contributed by atoms with Gasteiger partial charge in [-0.3, -0.25) is 0 Å². The van der Waals surface area contributed by atoms with Crippen LogP contribution in [0.2, 0.25) is 0 Å². The van der Waals surface area contributed by atoms with E-state index in [2.05, 4.69) is 0 Å². The second-order valence-corrected chi connectivity index (χ2v) is 5.30. The van der Waals surface area contributed by atoms with E-state index in [0.29, 0.717) is 5.56 Å². The van der Waals surface area contributed by atoms with Crippen molar-refractivity contribution in [1.82, 2.24) is 0 Å². The summed E-state index contributed by atoms with van der Waals surface area (Å²) >= 11 is 0. The van der Waals surface area contributed by atoms with E-state index >= 15 is 0 Å². The van der Waals surface area contributed by atoms with Gasteiger partial charge in [0.2, 0.25) is 0 Å². The van der Waals surface area contributed by atoms with Crippen LogP contribution in [0.4, 0.5) is 17.6 Å². The van der Waals surface area contributed by atoms with Crippen molar-refractivity contribution in [2.75, 3.05) is 6.54 Å². The minimum atomic E-state index is -4.81. The summed E-state index contributed by atoms with van der Waals surface area (Å²) in [5.74, 6) is -0.468. The minimum Gasteiger partial charge on any atom is -0.379 e. The Morgan fingerprint density at radius 3 is 1.95 bits per heavy atom. The van der Waals surface area contributed by atoms with Gasteiger partial charge in [-0.1, -0.05) is 26.0 Å². The molecule has 0 fully saturated rings. The van der Waals surface area contributed by atoms with Gasteiger partial charge >= 0.3 is 6.18 Å². The van der Waals surface area contributed by atoms with Crippen molar-refractivity contribution in [2.24, 2.45) is 5.73 Å². The molecule has 19 heavy (non-hydrogen) atoms. The zero-order valence-corrected chi connectivity index (χ0v) is 10.8. The highest BCUT2D eigenvalue weighted by atomic mass is 19.4. The number of rotatable bonds is 4. The molecule has 1 unspecified atom stereocenters. The van der Waals surface area contributed by atoms with Crippen molar-refractivity contribution in [3.05, 3.63) is 35.6 Å². The molecular formula is C13H17F4NO. The second-order valence-electron chi connectivity index (χ2n) is 5.30. The molecule has 0 aliphatic rings. The molecule has 0 aliphatic heterocycles. The van der Waals surface area contributed by atoms with Crippen molar-refractivity contribution in [2.45, 2.75) is 37.5 Å². The molecule has 0 amide bonds. The Morgan fingerprint density at radius 1 is 1.11 bits per heavy atom. The van der Waals surface area contributed by atoms with Crippen molar-refractivity contribution >= 4 is 0 Å². The summed E-state index contributed by atoms with van der Waals surface area (Å²) < 4.78 is 51.3. The van der Waals surface area contributed by atoms with Crippen LogP contribution in [-0.2, 0) is 5.41 Å². The highest BCUT2D eigenvalue weighted by Crippen LogP contribution is 2.40. The Balaban J connectivity index is 3.04. The van der Waals surface area contributed by atoms with Crippen molar-refractivity contribution in [3.8, 4) is 0 Å². The topological polar surface area (TPSA) is 46.2 Å². The first kappa shape index (κ1) is 15.9. The molecule has 0 heterocycles. The van der Waals surface area contributed by atoms with Crippen molar-refractivity contribution in [1.29, 1.82) is 0 Å². The summed E-state index contributed by atoms with van der Waals surface area (Å²) in [5.41, 5.74) is 1.63. The number of hydrogen-bond donors (Lipinski definition) is 2. The van der Waals surface area contributed by atoms with Crippen LogP contribution in [0.3, 0.4) is 0 Å². The molecule has 0 saturated heterocycles. The van der Waals surface area contributed by atoms with Gasteiger partial charge in [0.15, 0.2) is 5.60 Å². The Labute approximate surface area is 109 Å². The molecule has 0 radical (unpaired) electrons. The summed E-state index contributed by atoms with van der Waals surface area (Å²) in [4.78, 5) is 0. The molecule has 0 aliphatic carbocycles. The molecular weight excluding hydrogens is 262 g/mol. The van der Waals surface area contributed by atoms with Gasteiger partial charge in [0.1, 0.15) is 5.82 Å². The second kappa shape index (κ2) is 5.09. The smallest absolute Gasteiger partial charge is 0.379 e. The molecule has 1 rings (SSSR count). The van der Waals surface area contributed by atoms with Gasteiger partial charge in [-0.15, -0.1) is 0 Å². The zero-order chi connectivity index (χ0) is 14.9. The molecule has 0 saturated carbocycles. The van der Waals surface area contributed by atoms with E-state index in [-0.39, 0.29) is 0 Å². The lowest BCUT2D eigenvalue weighted by Crippen LogP contribution is -2.54. The fraction of sp³-hybridized carbons (Fsp3) is 0.538. The molecule has 108 valence electrons. The van der Waals surface area contributed by atoms with Gasteiger partial charge in [0, 0.05) is 6.54 Å². The van der Waals surface area contributed by atoms with Crippen molar-refractivity contribution in [3.63, 3.8) is 0 Å². The Morgan fingerprint density at radius 2 is 1.58 bits per heavy atom. The number of aliphatic hydroxyl groups is 1. The minimum absolute atomic E-state index is 0.468. The number of benzene rings is 1. The number of alkyl halides is 3. The highest BCUT2D eigenvalue weighted by Gasteiger charge is 2.54. The van der Waals surface area contributed by atoms with Crippen LogP contribution in [0, 0.1) is 5.82 Å². The van der Waals surface area contributed by atoms with Crippen LogP contribution < -0.4 is 5.73 Å². The van der Waals surface area contributed by atoms with Crippen LogP contribution in [0.15, 0.2) is 24.3 Å². The third-order valence-corrected chi connectivity index (χ3v) is 3.23. The summed E-state index contributed by atoms with van der Waals surface area (Å²) in [6.07, 6.45) is -5.40. The lowest BCUT2D eigenvalue weighted by atomic mass is 9.75. The van der Waals surface area contributed by atoms with E-state index in [0.717, 1.165) is 0 Å². The third-order valence-electron chi connectivity index (χ3n) is 3.23. The summed E-state index contributed by atoms with van der Waals surface area (Å²) in [7, 11) is 0. The normalized spacial score (nSPS) is 16.2. The van der Waals surface area contributed by atoms with Gasteiger partial charge < -0.3 is 10.8 Å². The van der Waals surface area contributed by atoms with E-state index < -0.39 is 36.0 Å². The summed E-state index contributed by atoms with van der Waals surface area (Å²) in [6.45, 7) is 2.18. The standard InChI is InChI=1S/C13H17F4NO/c1-11(2,9-3-5-10(14)6-4-9)7-12(19,8-18)13(15,16)17/h3-6,19H,7-8,18H2,1-2H3. The first-order chi connectivity index (χ1) is 8.52. The molecule has 1 atom stereocenters. The summed E-state index contributed by atoms with van der Waals surface area (Å²) in [6, 6.07) is 5.16. The largest absolute Gasteiger partial charge is 0.418 e. The molecule has 6 heteroatoms. The average Bonchev–Trinajstić information content (AvgIpc) is 2.27. The van der Waals surface area contributed by atoms with E-state index in [9.17, 15) is 22.7 Å². The first-order valence-electron chi connectivity index (χ1n) is 5.77. The van der Waals surface area contributed by atoms with Gasteiger partial charge in [0.25, 0.3) is 0 Å². The van der Waals surface area contributed by atoms with Crippen LogP contribution in [0.1, 0.15) is 25.8 Å². The van der Waals surface area contributed by atoms with Gasteiger partial charge in [-0.2, -0.15) is 13.2 Å². The quantitative estimate of drug-likeness (QED) is 0.832. The van der Waals surface area contributed by atoms with Gasteiger partial charge in [-0.25, -0.2) is 4.39 Å². The maximum absolute atomic E-state index is 12.8. The SMILES string of the molecule is CC(C)(CC(O)(CN)C(F)(F)F)c1ccc(F)cc1. The van der Waals surface area contributed by atoms with E-state index in [1.807, 2.05) is 0 Å². The molecule has 0 aromatic heterocycles. The van der Waals surface area contributed by atoms with Crippen LogP contribution >= 0.6 is 0 Å². The van der Waals surface area contributed by atoms with Crippen LogP contribution in [-0.4, -0.2) is 23.4 Å². The number of halogens is 4. The van der Waals surface area contributed by atoms with E-state index in [1.165, 1.54) is 24.3 Å². The molecule has 0 spiro atoms. The van der Waals surface area contributed by atoms with Crippen LogP contribution in [0.25, 0.3) is 0 Å². The number of hydrogen-bond acceptors (Lipinski definition) is 2. The lowest BCUT2D eigenvalue weighted by Gasteiger charge is -2.37. The maximum atomic E-state index is 12.8. The molecule has 1 aromatic rings. The van der Waals surface area contributed by atoms with Gasteiger partial charge in [-0.05, 0) is 29.5 Å². The zero-order valence-electron chi connectivity index (χ0n) is 10.8. The molecule has 1 aromatic carbocycles. The Kier molecular flexibility index (Phi) is 4.27. The van der Waals surface area contributed by atoms with Crippen molar-refractivity contribution < 1.29 is 22.7 Å². The molecule has 3 N–H and O–H groups in total. The third kappa shape index (κ3) is 3.45. The van der Waals surface area contributed by atoms with E-state index in [1.54, 1.807) is 13.8 Å². The lowest BCUT2D eigenvalue weighted by molar-refractivity contribution is -0.262. The first-order valence-corrected chi connectivity index (χ1v) is 5.77. The average molecular weight is 279 g/mol. The predicted molar refractivity (Wildman–Crippen MR) is 64.1 cm³/mol. The van der Waals surface area contributed by atoms with Gasteiger partial charge in [0.05, 0.1) is 0 Å². The molecule has 2 nitrogen and oxygen atoms in total. The van der Waals surface area contributed by atoms with Crippen LogP contribution in [0.5, 0.6) is 0 Å².